The van der Waals surface area contributed by atoms with Gasteiger partial charge in [0.25, 0.3) is 0 Å². The number of hydrogen-bond acceptors (Lipinski definition) is 4. The van der Waals surface area contributed by atoms with Crippen molar-refractivity contribution >= 4 is 31.5 Å². The molecule has 0 aliphatic carbocycles. The first-order valence-electron chi connectivity index (χ1n) is 9.78. The lowest BCUT2D eigenvalue weighted by atomic mass is 10.1. The number of nitrogens with one attached hydrogen (secondary N) is 1. The van der Waals surface area contributed by atoms with E-state index in [-0.39, 0.29) is 6.10 Å². The second-order valence-electron chi connectivity index (χ2n) is 6.85. The van der Waals surface area contributed by atoms with E-state index in [1.54, 1.807) is 19.5 Å². The van der Waals surface area contributed by atoms with Crippen molar-refractivity contribution in [2.75, 3.05) is 13.7 Å². The summed E-state index contributed by atoms with van der Waals surface area (Å²) in [6, 6.07) is 11.2. The molecule has 0 aliphatic heterocycles. The van der Waals surface area contributed by atoms with Crippen molar-refractivity contribution in [1.29, 1.82) is 0 Å². The van der Waals surface area contributed by atoms with Crippen molar-refractivity contribution < 1.29 is 9.16 Å². The van der Waals surface area contributed by atoms with Crippen LogP contribution >= 0.6 is 23.2 Å². The zero-order valence-corrected chi connectivity index (χ0v) is 19.6. The van der Waals surface area contributed by atoms with Gasteiger partial charge in [-0.2, -0.15) is 0 Å². The van der Waals surface area contributed by atoms with Gasteiger partial charge in [-0.3, -0.25) is 4.98 Å². The van der Waals surface area contributed by atoms with Gasteiger partial charge in [0, 0.05) is 31.0 Å². The summed E-state index contributed by atoms with van der Waals surface area (Å²) >= 11 is 12.9. The van der Waals surface area contributed by atoms with Crippen molar-refractivity contribution in [2.24, 2.45) is 0 Å². The van der Waals surface area contributed by atoms with Crippen LogP contribution in [0, 0.1) is 0 Å². The number of benzene rings is 1. The number of methoxy groups -OCH3 is 1. The van der Waals surface area contributed by atoms with E-state index in [1.807, 2.05) is 18.2 Å². The van der Waals surface area contributed by atoms with Gasteiger partial charge in [0.15, 0.2) is 8.32 Å². The van der Waals surface area contributed by atoms with E-state index in [2.05, 4.69) is 37.1 Å². The van der Waals surface area contributed by atoms with Gasteiger partial charge in [-0.15, -0.1) is 0 Å². The fourth-order valence-electron chi connectivity index (χ4n) is 3.36. The molecule has 0 spiro atoms. The molecule has 0 radical (unpaired) electrons. The van der Waals surface area contributed by atoms with E-state index in [9.17, 15) is 0 Å². The minimum absolute atomic E-state index is 0.208. The van der Waals surface area contributed by atoms with E-state index in [4.69, 9.17) is 32.4 Å². The molecule has 1 heterocycles. The SMILES string of the molecule is CC[Si](CC)(CC)OC(CNCc1cccc(OC)c1)c1c(Cl)cncc1Cl. The smallest absolute Gasteiger partial charge is 0.192 e. The molecule has 0 saturated carbocycles. The zero-order valence-electron chi connectivity index (χ0n) is 17.1. The maximum absolute atomic E-state index is 6.77. The quantitative estimate of drug-likeness (QED) is 0.419. The first kappa shape index (κ1) is 23.2. The van der Waals surface area contributed by atoms with Crippen molar-refractivity contribution in [3.63, 3.8) is 0 Å². The normalized spacial score (nSPS) is 12.8. The van der Waals surface area contributed by atoms with Gasteiger partial charge in [-0.05, 0) is 35.8 Å². The van der Waals surface area contributed by atoms with Crippen LogP contribution in [0.15, 0.2) is 36.7 Å². The molecule has 1 unspecified atom stereocenters. The Balaban J connectivity index is 2.20. The molecule has 0 fully saturated rings. The lowest BCUT2D eigenvalue weighted by molar-refractivity contribution is 0.186. The van der Waals surface area contributed by atoms with Crippen LogP contribution in [0.1, 0.15) is 38.0 Å². The number of halogens is 2. The van der Waals surface area contributed by atoms with Gasteiger partial charge in [-0.1, -0.05) is 56.1 Å². The number of nitrogens with zero attached hydrogens (tertiary/aromatic N) is 1. The molecule has 154 valence electrons. The molecule has 1 N–H and O–H groups in total. The largest absolute Gasteiger partial charge is 0.497 e. The van der Waals surface area contributed by atoms with Crippen molar-refractivity contribution in [3.05, 3.63) is 57.8 Å². The summed E-state index contributed by atoms with van der Waals surface area (Å²) in [5, 5.41) is 4.60. The fourth-order valence-corrected chi connectivity index (χ4v) is 6.78. The highest BCUT2D eigenvalue weighted by Crippen LogP contribution is 2.36. The molecular weight excluding hydrogens is 411 g/mol. The molecule has 0 amide bonds. The molecule has 7 heteroatoms. The Morgan fingerprint density at radius 3 is 2.29 bits per heavy atom. The topological polar surface area (TPSA) is 43.4 Å². The predicted molar refractivity (Wildman–Crippen MR) is 120 cm³/mol. The van der Waals surface area contributed by atoms with Gasteiger partial charge < -0.3 is 14.5 Å². The number of ether oxygens (including phenoxy) is 1. The third-order valence-corrected chi connectivity index (χ3v) is 10.6. The van der Waals surface area contributed by atoms with E-state index in [0.717, 1.165) is 35.0 Å². The number of aromatic nitrogens is 1. The lowest BCUT2D eigenvalue weighted by Gasteiger charge is -2.34. The highest BCUT2D eigenvalue weighted by molar-refractivity contribution is 6.73. The van der Waals surface area contributed by atoms with E-state index in [0.29, 0.717) is 23.1 Å². The Morgan fingerprint density at radius 1 is 1.07 bits per heavy atom. The molecule has 2 rings (SSSR count). The lowest BCUT2D eigenvalue weighted by Crippen LogP contribution is -2.40. The molecule has 4 nitrogen and oxygen atoms in total. The molecule has 28 heavy (non-hydrogen) atoms. The molecule has 0 aliphatic rings. The van der Waals surface area contributed by atoms with Gasteiger partial charge in [-0.25, -0.2) is 0 Å². The fraction of sp³-hybridized carbons (Fsp3) is 0.476. The number of rotatable bonds is 11. The molecule has 1 aromatic heterocycles. The Kier molecular flexibility index (Phi) is 9.24. The second kappa shape index (κ2) is 11.2. The molecule has 1 aromatic carbocycles. The summed E-state index contributed by atoms with van der Waals surface area (Å²) in [6.07, 6.45) is 3.06. The minimum atomic E-state index is -1.85. The first-order chi connectivity index (χ1) is 13.5. The second-order valence-corrected chi connectivity index (χ2v) is 12.4. The van der Waals surface area contributed by atoms with E-state index < -0.39 is 8.32 Å². The van der Waals surface area contributed by atoms with Crippen LogP contribution in [0.3, 0.4) is 0 Å². The van der Waals surface area contributed by atoms with Crippen molar-refractivity contribution in [2.45, 2.75) is 51.6 Å². The van der Waals surface area contributed by atoms with Crippen LogP contribution in [-0.2, 0) is 11.0 Å². The predicted octanol–water partition coefficient (Wildman–Crippen LogP) is 6.25. The zero-order chi connectivity index (χ0) is 20.6. The molecular formula is C21H30Cl2N2O2Si. The summed E-state index contributed by atoms with van der Waals surface area (Å²) in [5.74, 6) is 0.849. The van der Waals surface area contributed by atoms with E-state index in [1.165, 1.54) is 0 Å². The van der Waals surface area contributed by atoms with Gasteiger partial charge in [0.1, 0.15) is 5.75 Å². The Labute approximate surface area is 179 Å². The average Bonchev–Trinajstić information content (AvgIpc) is 2.71. The van der Waals surface area contributed by atoms with Crippen LogP contribution in [0.4, 0.5) is 0 Å². The molecule has 0 saturated heterocycles. The average molecular weight is 441 g/mol. The van der Waals surface area contributed by atoms with E-state index >= 15 is 0 Å². The van der Waals surface area contributed by atoms with Crippen molar-refractivity contribution in [1.82, 2.24) is 10.3 Å². The first-order valence-corrected chi connectivity index (χ1v) is 13.1. The van der Waals surface area contributed by atoms with Gasteiger partial charge in [0.05, 0.1) is 23.3 Å². The Bertz CT molecular complexity index is 728. The number of pyridine rings is 1. The maximum atomic E-state index is 6.77. The van der Waals surface area contributed by atoms with Crippen LogP contribution in [0.2, 0.25) is 28.2 Å². The Hall–Kier alpha value is -1.11. The standard InChI is InChI=1S/C21H30Cl2N2O2Si/c1-5-28(6-2,7-3)27-20(21-18(22)13-25-14-19(21)23)15-24-12-16-9-8-10-17(11-16)26-4/h8-11,13-14,20,24H,5-7,12,15H2,1-4H3. The third-order valence-electron chi connectivity index (χ3n) is 5.33. The van der Waals surface area contributed by atoms with Crippen LogP contribution in [-0.4, -0.2) is 27.0 Å². The summed E-state index contributed by atoms with van der Waals surface area (Å²) in [6.45, 7) is 7.98. The van der Waals surface area contributed by atoms with Gasteiger partial charge >= 0.3 is 0 Å². The van der Waals surface area contributed by atoms with Crippen LogP contribution in [0.5, 0.6) is 5.75 Å². The van der Waals surface area contributed by atoms with Crippen molar-refractivity contribution in [3.8, 4) is 5.75 Å². The monoisotopic (exact) mass is 440 g/mol. The van der Waals surface area contributed by atoms with Crippen LogP contribution < -0.4 is 10.1 Å². The highest BCUT2D eigenvalue weighted by Gasteiger charge is 2.34. The van der Waals surface area contributed by atoms with Crippen LogP contribution in [0.25, 0.3) is 0 Å². The van der Waals surface area contributed by atoms with Gasteiger partial charge in [0.2, 0.25) is 0 Å². The Morgan fingerprint density at radius 2 is 1.71 bits per heavy atom. The maximum Gasteiger partial charge on any atom is 0.192 e. The summed E-state index contributed by atoms with van der Waals surface area (Å²) in [4.78, 5) is 4.09. The summed E-state index contributed by atoms with van der Waals surface area (Å²) < 4.78 is 12.1. The molecule has 0 bridgehead atoms. The summed E-state index contributed by atoms with van der Waals surface area (Å²) in [5.41, 5.74) is 1.97. The minimum Gasteiger partial charge on any atom is -0.497 e. The number of hydrogen-bond donors (Lipinski definition) is 1. The third kappa shape index (κ3) is 5.94. The highest BCUT2D eigenvalue weighted by atomic mass is 35.5. The summed E-state index contributed by atoms with van der Waals surface area (Å²) in [7, 11) is -0.176. The molecule has 2 aromatic rings. The molecule has 1 atom stereocenters.